The van der Waals surface area contributed by atoms with Crippen molar-refractivity contribution in [3.8, 4) is 0 Å². The molecule has 2 heterocycles. The molecule has 0 bridgehead atoms. The Balaban J connectivity index is 1.74. The third-order valence-electron chi connectivity index (χ3n) is 3.77. The summed E-state index contributed by atoms with van der Waals surface area (Å²) < 4.78 is 23.3. The number of aromatic nitrogens is 2. The van der Waals surface area contributed by atoms with Crippen LogP contribution in [-0.2, 0) is 9.84 Å². The molecule has 1 aromatic carbocycles. The van der Waals surface area contributed by atoms with E-state index in [9.17, 15) is 13.2 Å². The van der Waals surface area contributed by atoms with Crippen molar-refractivity contribution in [3.63, 3.8) is 0 Å². The molecule has 0 unspecified atom stereocenters. The highest BCUT2D eigenvalue weighted by atomic mass is 32.2. The number of thioether (sulfide) groups is 1. The molecule has 1 aliphatic rings. The van der Waals surface area contributed by atoms with Gasteiger partial charge >= 0.3 is 0 Å². The maximum Gasteiger partial charge on any atom is 0.258 e. The first-order valence-electron chi connectivity index (χ1n) is 7.95. The molecular formula is C16H19N3O3S3. The summed E-state index contributed by atoms with van der Waals surface area (Å²) in [5.74, 6) is 0.398. The zero-order valence-electron chi connectivity index (χ0n) is 13.9. The highest BCUT2D eigenvalue weighted by Crippen LogP contribution is 2.33. The third-order valence-corrected chi connectivity index (χ3v) is 8.23. The number of nitrogens with one attached hydrogen (secondary N) is 1. The van der Waals surface area contributed by atoms with Gasteiger partial charge in [0.25, 0.3) is 5.91 Å². The summed E-state index contributed by atoms with van der Waals surface area (Å²) in [7, 11) is -2.94. The largest absolute Gasteiger partial charge is 0.296 e. The number of amides is 1. The molecule has 1 saturated heterocycles. The van der Waals surface area contributed by atoms with Crippen molar-refractivity contribution in [3.05, 3.63) is 34.8 Å². The first-order valence-corrected chi connectivity index (χ1v) is 11.5. The molecule has 6 nitrogen and oxygen atoms in total. The van der Waals surface area contributed by atoms with Gasteiger partial charge in [-0.25, -0.2) is 8.42 Å². The molecule has 3 rings (SSSR count). The minimum atomic E-state index is -2.94. The van der Waals surface area contributed by atoms with Gasteiger partial charge in [-0.05, 0) is 18.6 Å². The summed E-state index contributed by atoms with van der Waals surface area (Å²) in [5.41, 5.74) is 0.526. The fourth-order valence-corrected chi connectivity index (χ4v) is 6.84. The Bertz CT molecular complexity index is 878. The van der Waals surface area contributed by atoms with Crippen LogP contribution in [0.5, 0.6) is 0 Å². The molecular weight excluding hydrogens is 378 g/mol. The van der Waals surface area contributed by atoms with Crippen molar-refractivity contribution >= 4 is 44.0 Å². The van der Waals surface area contributed by atoms with E-state index in [1.165, 1.54) is 23.1 Å². The number of rotatable bonds is 5. The molecule has 0 saturated carbocycles. The number of anilines is 1. The summed E-state index contributed by atoms with van der Waals surface area (Å²) in [6.45, 7) is 4.04. The Morgan fingerprint density at radius 2 is 2.08 bits per heavy atom. The van der Waals surface area contributed by atoms with E-state index in [1.807, 2.05) is 26.0 Å². The van der Waals surface area contributed by atoms with Gasteiger partial charge in [0.2, 0.25) is 5.13 Å². The second kappa shape index (κ2) is 7.43. The topological polar surface area (TPSA) is 89.0 Å². The summed E-state index contributed by atoms with van der Waals surface area (Å²) in [6, 6.07) is 7.24. The van der Waals surface area contributed by atoms with E-state index >= 15 is 0 Å². The van der Waals surface area contributed by atoms with Crippen molar-refractivity contribution < 1.29 is 13.2 Å². The fraction of sp³-hybridized carbons (Fsp3) is 0.438. The van der Waals surface area contributed by atoms with Crippen molar-refractivity contribution in [2.75, 3.05) is 16.8 Å². The molecule has 1 atom stereocenters. The van der Waals surface area contributed by atoms with Crippen LogP contribution in [0.1, 0.15) is 41.6 Å². The van der Waals surface area contributed by atoms with Gasteiger partial charge in [-0.2, -0.15) is 0 Å². The van der Waals surface area contributed by atoms with Gasteiger partial charge in [-0.15, -0.1) is 22.0 Å². The molecule has 9 heteroatoms. The second-order valence-corrected chi connectivity index (χ2v) is 10.8. The van der Waals surface area contributed by atoms with Gasteiger partial charge in [0.05, 0.1) is 17.1 Å². The van der Waals surface area contributed by atoms with Crippen molar-refractivity contribution in [2.24, 2.45) is 0 Å². The molecule has 1 amide bonds. The van der Waals surface area contributed by atoms with E-state index in [0.717, 1.165) is 9.90 Å². The molecule has 1 N–H and O–H groups in total. The smallest absolute Gasteiger partial charge is 0.258 e. The molecule has 1 fully saturated rings. The molecule has 134 valence electrons. The van der Waals surface area contributed by atoms with Crippen LogP contribution >= 0.6 is 23.1 Å². The highest BCUT2D eigenvalue weighted by molar-refractivity contribution is 8.02. The maximum atomic E-state index is 12.6. The number of carbonyl (C=O) groups is 1. The lowest BCUT2D eigenvalue weighted by atomic mass is 10.2. The summed E-state index contributed by atoms with van der Waals surface area (Å²) in [5, 5.41) is 12.2. The Morgan fingerprint density at radius 3 is 2.72 bits per heavy atom. The molecule has 1 aromatic heterocycles. The first kappa shape index (κ1) is 18.3. The standard InChI is InChI=1S/C16H19N3O3S3/c1-10(2)15-18-19-16(24-15)17-14(20)12-5-3-4-6-13(12)23-11-7-8-25(21,22)9-11/h3-6,10-11H,7-9H2,1-2H3,(H,17,19,20)/t11-/m1/s1. The Morgan fingerprint density at radius 1 is 1.32 bits per heavy atom. The Kier molecular flexibility index (Phi) is 5.45. The van der Waals surface area contributed by atoms with E-state index in [-0.39, 0.29) is 28.6 Å². The monoisotopic (exact) mass is 397 g/mol. The second-order valence-electron chi connectivity index (χ2n) is 6.19. The van der Waals surface area contributed by atoms with Gasteiger partial charge in [-0.1, -0.05) is 37.3 Å². The van der Waals surface area contributed by atoms with Crippen LogP contribution in [0.25, 0.3) is 0 Å². The predicted molar refractivity (Wildman–Crippen MR) is 101 cm³/mol. The summed E-state index contributed by atoms with van der Waals surface area (Å²) >= 11 is 2.82. The van der Waals surface area contributed by atoms with Gasteiger partial charge in [0.15, 0.2) is 9.84 Å². The Labute approximate surface area is 155 Å². The van der Waals surface area contributed by atoms with E-state index < -0.39 is 9.84 Å². The normalized spacial score (nSPS) is 19.2. The number of nitrogens with zero attached hydrogens (tertiary/aromatic N) is 2. The molecule has 0 radical (unpaired) electrons. The molecule has 2 aromatic rings. The maximum absolute atomic E-state index is 12.6. The van der Waals surface area contributed by atoms with Gasteiger partial charge in [0, 0.05) is 16.1 Å². The van der Waals surface area contributed by atoms with Crippen molar-refractivity contribution in [1.29, 1.82) is 0 Å². The van der Waals surface area contributed by atoms with E-state index in [0.29, 0.717) is 17.1 Å². The number of carbonyl (C=O) groups excluding carboxylic acids is 1. The molecule has 0 aliphatic carbocycles. The van der Waals surface area contributed by atoms with Crippen LogP contribution in [0.15, 0.2) is 29.2 Å². The Hall–Kier alpha value is -1.45. The lowest BCUT2D eigenvalue weighted by Crippen LogP contribution is -2.14. The average molecular weight is 398 g/mol. The number of hydrogen-bond acceptors (Lipinski definition) is 7. The van der Waals surface area contributed by atoms with Crippen LogP contribution in [-0.4, -0.2) is 41.3 Å². The van der Waals surface area contributed by atoms with Crippen molar-refractivity contribution in [1.82, 2.24) is 10.2 Å². The van der Waals surface area contributed by atoms with Crippen LogP contribution in [0, 0.1) is 0 Å². The van der Waals surface area contributed by atoms with Crippen molar-refractivity contribution in [2.45, 2.75) is 36.3 Å². The molecule has 1 aliphatic heterocycles. The van der Waals surface area contributed by atoms with E-state index in [2.05, 4.69) is 15.5 Å². The SMILES string of the molecule is CC(C)c1nnc(NC(=O)c2ccccc2S[C@@H]2CCS(=O)(=O)C2)s1. The number of sulfone groups is 1. The summed E-state index contributed by atoms with van der Waals surface area (Å²) in [4.78, 5) is 13.4. The van der Waals surface area contributed by atoms with Gasteiger partial charge < -0.3 is 0 Å². The van der Waals surface area contributed by atoms with Crippen LogP contribution in [0.3, 0.4) is 0 Å². The third kappa shape index (κ3) is 4.59. The zero-order chi connectivity index (χ0) is 18.0. The molecule has 25 heavy (non-hydrogen) atoms. The molecule has 0 spiro atoms. The van der Waals surface area contributed by atoms with Crippen LogP contribution in [0.4, 0.5) is 5.13 Å². The zero-order valence-corrected chi connectivity index (χ0v) is 16.4. The van der Waals surface area contributed by atoms with E-state index in [1.54, 1.807) is 12.1 Å². The predicted octanol–water partition coefficient (Wildman–Crippen LogP) is 3.19. The average Bonchev–Trinajstić information content (AvgIpc) is 3.14. The minimum Gasteiger partial charge on any atom is -0.296 e. The quantitative estimate of drug-likeness (QED) is 0.833. The van der Waals surface area contributed by atoms with E-state index in [4.69, 9.17) is 0 Å². The van der Waals surface area contributed by atoms with Gasteiger partial charge in [-0.3, -0.25) is 10.1 Å². The minimum absolute atomic E-state index is 0.00646. The number of benzene rings is 1. The first-order chi connectivity index (χ1) is 11.8. The van der Waals surface area contributed by atoms with Gasteiger partial charge in [0.1, 0.15) is 5.01 Å². The summed E-state index contributed by atoms with van der Waals surface area (Å²) in [6.07, 6.45) is 0.622. The lowest BCUT2D eigenvalue weighted by molar-refractivity contribution is 0.102. The van der Waals surface area contributed by atoms with Crippen LogP contribution in [0.2, 0.25) is 0 Å². The number of hydrogen-bond donors (Lipinski definition) is 1. The fourth-order valence-electron chi connectivity index (χ4n) is 2.47. The van der Waals surface area contributed by atoms with Crippen LogP contribution < -0.4 is 5.32 Å². The highest BCUT2D eigenvalue weighted by Gasteiger charge is 2.29. The lowest BCUT2D eigenvalue weighted by Gasteiger charge is -2.11.